The van der Waals surface area contributed by atoms with Crippen molar-refractivity contribution >= 4 is 17.3 Å². The standard InChI is InChI=1S/C17H17ClN4O2/c1-23-16-6-3-12(7-17(16)24-2)9-20-14-8-13(18)4-5-15(14)22-11-19-10-21-22/h3-8,10-11,20H,9H2,1-2H3. The third kappa shape index (κ3) is 3.44. The molecule has 2 aromatic carbocycles. The van der Waals surface area contributed by atoms with Crippen molar-refractivity contribution in [3.05, 3.63) is 59.6 Å². The lowest BCUT2D eigenvalue weighted by Crippen LogP contribution is -2.05. The maximum absolute atomic E-state index is 6.13. The molecule has 7 heteroatoms. The highest BCUT2D eigenvalue weighted by atomic mass is 35.5. The summed E-state index contributed by atoms with van der Waals surface area (Å²) in [6, 6.07) is 11.4. The van der Waals surface area contributed by atoms with Crippen molar-refractivity contribution in [2.24, 2.45) is 0 Å². The van der Waals surface area contributed by atoms with Crippen LogP contribution in [0, 0.1) is 0 Å². The zero-order valence-corrected chi connectivity index (χ0v) is 14.1. The number of hydrogen-bond acceptors (Lipinski definition) is 5. The van der Waals surface area contributed by atoms with E-state index in [1.165, 1.54) is 6.33 Å². The molecule has 0 atom stereocenters. The zero-order chi connectivity index (χ0) is 16.9. The van der Waals surface area contributed by atoms with Crippen LogP contribution in [0.3, 0.4) is 0 Å². The summed E-state index contributed by atoms with van der Waals surface area (Å²) in [5.74, 6) is 1.40. The summed E-state index contributed by atoms with van der Waals surface area (Å²) < 4.78 is 12.3. The Bertz CT molecular complexity index is 821. The largest absolute Gasteiger partial charge is 0.493 e. The fraction of sp³-hybridized carbons (Fsp3) is 0.176. The molecule has 6 nitrogen and oxygen atoms in total. The molecule has 0 fully saturated rings. The summed E-state index contributed by atoms with van der Waals surface area (Å²) in [4.78, 5) is 3.98. The van der Waals surface area contributed by atoms with Gasteiger partial charge < -0.3 is 14.8 Å². The van der Waals surface area contributed by atoms with E-state index in [9.17, 15) is 0 Å². The number of aromatic nitrogens is 3. The van der Waals surface area contributed by atoms with Gasteiger partial charge in [-0.2, -0.15) is 5.10 Å². The van der Waals surface area contributed by atoms with Crippen LogP contribution in [0.5, 0.6) is 11.5 Å². The number of methoxy groups -OCH3 is 2. The summed E-state index contributed by atoms with van der Waals surface area (Å²) in [6.07, 6.45) is 3.14. The number of nitrogens with zero attached hydrogens (tertiary/aromatic N) is 3. The lowest BCUT2D eigenvalue weighted by molar-refractivity contribution is 0.354. The number of halogens is 1. The van der Waals surface area contributed by atoms with E-state index >= 15 is 0 Å². The number of benzene rings is 2. The van der Waals surface area contributed by atoms with E-state index in [-0.39, 0.29) is 0 Å². The lowest BCUT2D eigenvalue weighted by Gasteiger charge is -2.14. The van der Waals surface area contributed by atoms with E-state index in [1.54, 1.807) is 25.2 Å². The quantitative estimate of drug-likeness (QED) is 0.741. The Morgan fingerprint density at radius 2 is 1.92 bits per heavy atom. The molecule has 3 aromatic rings. The molecule has 1 N–H and O–H groups in total. The smallest absolute Gasteiger partial charge is 0.161 e. The molecule has 1 heterocycles. The normalized spacial score (nSPS) is 10.5. The molecule has 124 valence electrons. The van der Waals surface area contributed by atoms with Crippen LogP contribution in [0.25, 0.3) is 5.69 Å². The fourth-order valence-electron chi connectivity index (χ4n) is 2.37. The van der Waals surface area contributed by atoms with Gasteiger partial charge in [-0.3, -0.25) is 0 Å². The molecule has 0 radical (unpaired) electrons. The Labute approximate surface area is 145 Å². The van der Waals surface area contributed by atoms with E-state index in [2.05, 4.69) is 15.4 Å². The number of hydrogen-bond donors (Lipinski definition) is 1. The second-order valence-electron chi connectivity index (χ2n) is 5.04. The number of ether oxygens (including phenoxy) is 2. The first-order chi connectivity index (χ1) is 11.7. The minimum absolute atomic E-state index is 0.600. The van der Waals surface area contributed by atoms with Crippen LogP contribution < -0.4 is 14.8 Å². The van der Waals surface area contributed by atoms with Crippen molar-refractivity contribution in [3.8, 4) is 17.2 Å². The van der Waals surface area contributed by atoms with Gasteiger partial charge in [-0.05, 0) is 35.9 Å². The maximum atomic E-state index is 6.13. The van der Waals surface area contributed by atoms with E-state index in [0.717, 1.165) is 16.9 Å². The SMILES string of the molecule is COc1ccc(CNc2cc(Cl)ccc2-n2cncn2)cc1OC. The predicted octanol–water partition coefficient (Wildman–Crippen LogP) is 3.55. The van der Waals surface area contributed by atoms with E-state index in [4.69, 9.17) is 21.1 Å². The molecule has 24 heavy (non-hydrogen) atoms. The highest BCUT2D eigenvalue weighted by Crippen LogP contribution is 2.29. The second-order valence-corrected chi connectivity index (χ2v) is 5.48. The van der Waals surface area contributed by atoms with Gasteiger partial charge in [0.15, 0.2) is 11.5 Å². The van der Waals surface area contributed by atoms with Crippen LogP contribution >= 0.6 is 11.6 Å². The first kappa shape index (κ1) is 16.1. The van der Waals surface area contributed by atoms with Crippen molar-refractivity contribution < 1.29 is 9.47 Å². The Morgan fingerprint density at radius 3 is 2.62 bits per heavy atom. The molecule has 0 bridgehead atoms. The number of rotatable bonds is 6. The van der Waals surface area contributed by atoms with Crippen molar-refractivity contribution in [1.29, 1.82) is 0 Å². The Hall–Kier alpha value is -2.73. The van der Waals surface area contributed by atoms with Gasteiger partial charge in [0.2, 0.25) is 0 Å². The van der Waals surface area contributed by atoms with E-state index < -0.39 is 0 Å². The Kier molecular flexibility index (Phi) is 4.86. The molecule has 0 aliphatic carbocycles. The van der Waals surface area contributed by atoms with Crippen LogP contribution in [0.15, 0.2) is 49.1 Å². The van der Waals surface area contributed by atoms with Gasteiger partial charge in [0.1, 0.15) is 12.7 Å². The molecule has 0 unspecified atom stereocenters. The van der Waals surface area contributed by atoms with Crippen LogP contribution in [-0.2, 0) is 6.54 Å². The van der Waals surface area contributed by atoms with Crippen LogP contribution in [0.4, 0.5) is 5.69 Å². The zero-order valence-electron chi connectivity index (χ0n) is 13.4. The molecular weight excluding hydrogens is 328 g/mol. The predicted molar refractivity (Wildman–Crippen MR) is 93.2 cm³/mol. The minimum Gasteiger partial charge on any atom is -0.493 e. The third-order valence-electron chi connectivity index (χ3n) is 3.56. The molecule has 0 aliphatic rings. The van der Waals surface area contributed by atoms with Crippen LogP contribution in [0.2, 0.25) is 5.02 Å². The molecule has 0 saturated heterocycles. The average molecular weight is 345 g/mol. The Balaban J connectivity index is 1.83. The van der Waals surface area contributed by atoms with Gasteiger partial charge in [0.05, 0.1) is 25.6 Å². The van der Waals surface area contributed by atoms with Crippen LogP contribution in [-0.4, -0.2) is 29.0 Å². The topological polar surface area (TPSA) is 61.2 Å². The van der Waals surface area contributed by atoms with Gasteiger partial charge in [0.25, 0.3) is 0 Å². The van der Waals surface area contributed by atoms with Crippen LogP contribution in [0.1, 0.15) is 5.56 Å². The average Bonchev–Trinajstić information content (AvgIpc) is 3.14. The Morgan fingerprint density at radius 1 is 1.08 bits per heavy atom. The number of anilines is 1. The van der Waals surface area contributed by atoms with Gasteiger partial charge in [-0.1, -0.05) is 17.7 Å². The van der Waals surface area contributed by atoms with Gasteiger partial charge in [0, 0.05) is 11.6 Å². The third-order valence-corrected chi connectivity index (χ3v) is 3.79. The molecule has 0 aliphatic heterocycles. The monoisotopic (exact) mass is 344 g/mol. The summed E-state index contributed by atoms with van der Waals surface area (Å²) in [5.41, 5.74) is 2.79. The molecule has 0 saturated carbocycles. The highest BCUT2D eigenvalue weighted by molar-refractivity contribution is 6.31. The van der Waals surface area contributed by atoms with E-state index in [0.29, 0.717) is 23.1 Å². The minimum atomic E-state index is 0.600. The van der Waals surface area contributed by atoms with Crippen molar-refractivity contribution in [2.45, 2.75) is 6.54 Å². The summed E-state index contributed by atoms with van der Waals surface area (Å²) in [6.45, 7) is 0.600. The first-order valence-electron chi connectivity index (χ1n) is 7.30. The second kappa shape index (κ2) is 7.23. The molecule has 3 rings (SSSR count). The number of nitrogens with one attached hydrogen (secondary N) is 1. The summed E-state index contributed by atoms with van der Waals surface area (Å²) in [7, 11) is 3.24. The molecule has 0 amide bonds. The first-order valence-corrected chi connectivity index (χ1v) is 7.68. The fourth-order valence-corrected chi connectivity index (χ4v) is 2.54. The summed E-state index contributed by atoms with van der Waals surface area (Å²) in [5, 5.41) is 8.19. The van der Waals surface area contributed by atoms with Gasteiger partial charge in [-0.15, -0.1) is 0 Å². The van der Waals surface area contributed by atoms with Crippen molar-refractivity contribution in [2.75, 3.05) is 19.5 Å². The van der Waals surface area contributed by atoms with Gasteiger partial charge >= 0.3 is 0 Å². The lowest BCUT2D eigenvalue weighted by atomic mass is 10.2. The highest BCUT2D eigenvalue weighted by Gasteiger charge is 2.08. The van der Waals surface area contributed by atoms with Gasteiger partial charge in [-0.25, -0.2) is 9.67 Å². The molecule has 0 spiro atoms. The molecule has 1 aromatic heterocycles. The molecular formula is C17H17ClN4O2. The summed E-state index contributed by atoms with van der Waals surface area (Å²) >= 11 is 6.13. The van der Waals surface area contributed by atoms with Crippen molar-refractivity contribution in [1.82, 2.24) is 14.8 Å². The van der Waals surface area contributed by atoms with E-state index in [1.807, 2.05) is 36.4 Å². The maximum Gasteiger partial charge on any atom is 0.161 e. The van der Waals surface area contributed by atoms with Crippen molar-refractivity contribution in [3.63, 3.8) is 0 Å².